The number of carbonyl (C=O) groups is 1. The van der Waals surface area contributed by atoms with Gasteiger partial charge in [0.25, 0.3) is 0 Å². The fourth-order valence-corrected chi connectivity index (χ4v) is 1.98. The Kier molecular flexibility index (Phi) is 3.55. The topological polar surface area (TPSA) is 61.6 Å². The second-order valence-electron chi connectivity index (χ2n) is 3.23. The zero-order valence-corrected chi connectivity index (χ0v) is 10.2. The first kappa shape index (κ1) is 11.8. The van der Waals surface area contributed by atoms with Gasteiger partial charge in [0.15, 0.2) is 0 Å². The first-order valence-corrected chi connectivity index (χ1v) is 5.80. The average molecular weight is 253 g/mol. The summed E-state index contributed by atoms with van der Waals surface area (Å²) < 4.78 is 15.0. The molecule has 0 amide bonds. The summed E-state index contributed by atoms with van der Waals surface area (Å²) in [6, 6.07) is 1.87. The van der Waals surface area contributed by atoms with Crippen LogP contribution in [0, 0.1) is 0 Å². The van der Waals surface area contributed by atoms with Crippen molar-refractivity contribution in [2.45, 2.75) is 6.61 Å². The summed E-state index contributed by atoms with van der Waals surface area (Å²) in [7, 11) is 2.83. The zero-order valence-electron chi connectivity index (χ0n) is 9.43. The smallest absolute Gasteiger partial charge is 0.376 e. The number of esters is 1. The average Bonchev–Trinajstić information content (AvgIpc) is 2.96. The molecule has 2 rings (SSSR count). The number of rotatable bonds is 4. The highest BCUT2D eigenvalue weighted by molar-refractivity contribution is 7.08. The summed E-state index contributed by atoms with van der Waals surface area (Å²) in [4.78, 5) is 15.7. The van der Waals surface area contributed by atoms with Gasteiger partial charge in [-0.25, -0.2) is 9.78 Å². The molecular formula is C11H11NO4S. The summed E-state index contributed by atoms with van der Waals surface area (Å²) in [6.07, 6.45) is 0. The van der Waals surface area contributed by atoms with Gasteiger partial charge in [0, 0.05) is 18.1 Å². The van der Waals surface area contributed by atoms with Crippen molar-refractivity contribution in [3.63, 3.8) is 0 Å². The molecule has 17 heavy (non-hydrogen) atoms. The van der Waals surface area contributed by atoms with Gasteiger partial charge in [-0.2, -0.15) is 11.3 Å². The molecule has 0 saturated heterocycles. The van der Waals surface area contributed by atoms with E-state index in [2.05, 4.69) is 9.72 Å². The SMILES string of the molecule is COCc1nc(-c2ccsc2)oc1C(=O)OC. The Hall–Kier alpha value is -1.66. The fraction of sp³-hybridized carbons (Fsp3) is 0.273. The van der Waals surface area contributed by atoms with E-state index in [1.807, 2.05) is 16.8 Å². The summed E-state index contributed by atoms with van der Waals surface area (Å²) >= 11 is 1.53. The second kappa shape index (κ2) is 5.11. The minimum atomic E-state index is -0.550. The Morgan fingerprint density at radius 1 is 1.53 bits per heavy atom. The van der Waals surface area contributed by atoms with Gasteiger partial charge in [-0.05, 0) is 11.4 Å². The molecule has 0 atom stereocenters. The number of hydrogen-bond acceptors (Lipinski definition) is 6. The van der Waals surface area contributed by atoms with E-state index in [0.29, 0.717) is 11.6 Å². The standard InChI is InChI=1S/C11H11NO4S/c1-14-5-8-9(11(13)15-2)16-10(12-8)7-3-4-17-6-7/h3-4,6H,5H2,1-2H3. The molecule has 0 radical (unpaired) electrons. The molecule has 0 N–H and O–H groups in total. The van der Waals surface area contributed by atoms with E-state index in [1.165, 1.54) is 25.6 Å². The molecule has 2 aromatic rings. The first-order chi connectivity index (χ1) is 8.26. The summed E-state index contributed by atoms with van der Waals surface area (Å²) in [5.41, 5.74) is 1.28. The molecule has 0 saturated carbocycles. The van der Waals surface area contributed by atoms with Crippen molar-refractivity contribution in [1.29, 1.82) is 0 Å². The molecule has 0 spiro atoms. The number of methoxy groups -OCH3 is 2. The number of nitrogens with zero attached hydrogens (tertiary/aromatic N) is 1. The Balaban J connectivity index is 2.40. The van der Waals surface area contributed by atoms with Crippen molar-refractivity contribution in [3.8, 4) is 11.5 Å². The predicted octanol–water partition coefficient (Wildman–Crippen LogP) is 2.34. The predicted molar refractivity (Wildman–Crippen MR) is 61.9 cm³/mol. The highest BCUT2D eigenvalue weighted by atomic mass is 32.1. The van der Waals surface area contributed by atoms with Crippen LogP contribution in [0.3, 0.4) is 0 Å². The lowest BCUT2D eigenvalue weighted by atomic mass is 10.3. The van der Waals surface area contributed by atoms with E-state index in [-0.39, 0.29) is 12.4 Å². The lowest BCUT2D eigenvalue weighted by molar-refractivity contribution is 0.0559. The number of carbonyl (C=O) groups excluding carboxylic acids is 1. The normalized spacial score (nSPS) is 10.5. The molecule has 90 valence electrons. The first-order valence-electron chi connectivity index (χ1n) is 4.85. The number of aromatic nitrogens is 1. The molecule has 0 aliphatic heterocycles. The highest BCUT2D eigenvalue weighted by Gasteiger charge is 2.21. The summed E-state index contributed by atoms with van der Waals surface area (Å²) in [5, 5.41) is 3.80. The van der Waals surface area contributed by atoms with Crippen molar-refractivity contribution in [1.82, 2.24) is 4.98 Å². The minimum Gasteiger partial charge on any atom is -0.463 e. The molecule has 0 aromatic carbocycles. The van der Waals surface area contributed by atoms with E-state index in [1.54, 1.807) is 0 Å². The van der Waals surface area contributed by atoms with Gasteiger partial charge >= 0.3 is 5.97 Å². The van der Waals surface area contributed by atoms with Crippen LogP contribution in [0.15, 0.2) is 21.2 Å². The molecule has 0 fully saturated rings. The molecule has 6 heteroatoms. The largest absolute Gasteiger partial charge is 0.463 e. The van der Waals surface area contributed by atoms with Gasteiger partial charge < -0.3 is 13.9 Å². The number of thiophene rings is 1. The van der Waals surface area contributed by atoms with Crippen LogP contribution in [0.5, 0.6) is 0 Å². The van der Waals surface area contributed by atoms with Crippen LogP contribution in [-0.4, -0.2) is 25.2 Å². The van der Waals surface area contributed by atoms with Gasteiger partial charge in [0.2, 0.25) is 11.7 Å². The number of hydrogen-bond donors (Lipinski definition) is 0. The second-order valence-corrected chi connectivity index (χ2v) is 4.01. The van der Waals surface area contributed by atoms with Crippen molar-refractivity contribution in [2.24, 2.45) is 0 Å². The van der Waals surface area contributed by atoms with Crippen LogP contribution >= 0.6 is 11.3 Å². The van der Waals surface area contributed by atoms with Crippen molar-refractivity contribution in [2.75, 3.05) is 14.2 Å². The van der Waals surface area contributed by atoms with Crippen LogP contribution in [0.4, 0.5) is 0 Å². The molecule has 5 nitrogen and oxygen atoms in total. The molecule has 2 heterocycles. The third-order valence-electron chi connectivity index (χ3n) is 2.12. The maximum absolute atomic E-state index is 11.5. The molecule has 2 aromatic heterocycles. The van der Waals surface area contributed by atoms with E-state index in [4.69, 9.17) is 9.15 Å². The number of ether oxygens (including phenoxy) is 2. The maximum Gasteiger partial charge on any atom is 0.376 e. The Bertz CT molecular complexity index is 504. The van der Waals surface area contributed by atoms with Gasteiger partial charge in [-0.15, -0.1) is 0 Å². The number of oxazole rings is 1. The Labute approximate surface area is 102 Å². The third kappa shape index (κ3) is 2.37. The van der Waals surface area contributed by atoms with Gasteiger partial charge in [-0.3, -0.25) is 0 Å². The molecule has 0 aliphatic carbocycles. The Morgan fingerprint density at radius 2 is 2.35 bits per heavy atom. The fourth-order valence-electron chi connectivity index (χ4n) is 1.35. The van der Waals surface area contributed by atoms with Crippen molar-refractivity contribution >= 4 is 17.3 Å². The molecular weight excluding hydrogens is 242 g/mol. The highest BCUT2D eigenvalue weighted by Crippen LogP contribution is 2.24. The third-order valence-corrected chi connectivity index (χ3v) is 2.80. The van der Waals surface area contributed by atoms with Crippen LogP contribution in [0.1, 0.15) is 16.2 Å². The van der Waals surface area contributed by atoms with Gasteiger partial charge in [0.05, 0.1) is 13.7 Å². The Morgan fingerprint density at radius 3 is 2.94 bits per heavy atom. The van der Waals surface area contributed by atoms with Crippen LogP contribution < -0.4 is 0 Å². The molecule has 0 aliphatic rings. The van der Waals surface area contributed by atoms with E-state index < -0.39 is 5.97 Å². The van der Waals surface area contributed by atoms with E-state index in [9.17, 15) is 4.79 Å². The van der Waals surface area contributed by atoms with Crippen LogP contribution in [0.25, 0.3) is 11.5 Å². The molecule has 0 unspecified atom stereocenters. The monoisotopic (exact) mass is 253 g/mol. The summed E-state index contributed by atoms with van der Waals surface area (Å²) in [5.74, 6) is -0.0553. The maximum atomic E-state index is 11.5. The summed E-state index contributed by atoms with van der Waals surface area (Å²) in [6.45, 7) is 0.206. The lowest BCUT2D eigenvalue weighted by Gasteiger charge is -1.96. The zero-order chi connectivity index (χ0) is 12.3. The van der Waals surface area contributed by atoms with Gasteiger partial charge in [-0.1, -0.05) is 0 Å². The van der Waals surface area contributed by atoms with Crippen molar-refractivity contribution in [3.05, 3.63) is 28.3 Å². The van der Waals surface area contributed by atoms with Crippen molar-refractivity contribution < 1.29 is 18.7 Å². The lowest BCUT2D eigenvalue weighted by Crippen LogP contribution is -2.04. The van der Waals surface area contributed by atoms with Crippen LogP contribution in [-0.2, 0) is 16.1 Å². The van der Waals surface area contributed by atoms with E-state index in [0.717, 1.165) is 5.56 Å². The minimum absolute atomic E-state index is 0.0931. The van der Waals surface area contributed by atoms with E-state index >= 15 is 0 Å². The quantitative estimate of drug-likeness (QED) is 0.782. The van der Waals surface area contributed by atoms with Gasteiger partial charge in [0.1, 0.15) is 5.69 Å². The molecule has 0 bridgehead atoms. The van der Waals surface area contributed by atoms with Crippen LogP contribution in [0.2, 0.25) is 0 Å².